The Morgan fingerprint density at radius 3 is 2.06 bits per heavy atom. The van der Waals surface area contributed by atoms with Gasteiger partial charge < -0.3 is 19.9 Å². The lowest BCUT2D eigenvalue weighted by Crippen LogP contribution is -2.55. The van der Waals surface area contributed by atoms with Crippen LogP contribution in [0.15, 0.2) is 48.5 Å². The van der Waals surface area contributed by atoms with Gasteiger partial charge in [0.25, 0.3) is 5.91 Å². The summed E-state index contributed by atoms with van der Waals surface area (Å²) in [4.78, 5) is 49.2. The second-order valence-electron chi connectivity index (χ2n) is 8.20. The van der Waals surface area contributed by atoms with Crippen LogP contribution in [-0.2, 0) is 23.9 Å². The number of ether oxygens (including phenoxy) is 2. The number of rotatable bonds is 11. The predicted molar refractivity (Wildman–Crippen MR) is 128 cm³/mol. The van der Waals surface area contributed by atoms with Crippen molar-refractivity contribution in [3.63, 3.8) is 0 Å². The number of esters is 1. The van der Waals surface area contributed by atoms with Crippen molar-refractivity contribution >= 4 is 23.9 Å². The van der Waals surface area contributed by atoms with Crippen LogP contribution >= 0.6 is 0 Å². The van der Waals surface area contributed by atoms with Gasteiger partial charge in [-0.05, 0) is 35.6 Å². The molecule has 1 aliphatic carbocycles. The normalized spacial score (nSPS) is 13.7. The minimum Gasteiger partial charge on any atom is -0.480 e. The highest BCUT2D eigenvalue weighted by molar-refractivity contribution is 6.05. The van der Waals surface area contributed by atoms with E-state index in [9.17, 15) is 24.3 Å². The third kappa shape index (κ3) is 6.17. The van der Waals surface area contributed by atoms with E-state index >= 15 is 0 Å². The first-order chi connectivity index (χ1) is 16.9. The van der Waals surface area contributed by atoms with Gasteiger partial charge in [0.15, 0.2) is 0 Å². The maximum Gasteiger partial charge on any atom is 0.408 e. The molecule has 0 aromatic heterocycles. The highest BCUT2D eigenvalue weighted by atomic mass is 16.6. The number of nitrogens with one attached hydrogen (secondary N) is 2. The van der Waals surface area contributed by atoms with E-state index in [0.29, 0.717) is 6.42 Å². The Bertz CT molecular complexity index is 1040. The molecule has 0 heterocycles. The van der Waals surface area contributed by atoms with Gasteiger partial charge in [-0.2, -0.15) is 0 Å². The number of carboxylic acids is 1. The minimum atomic E-state index is -1.74. The highest BCUT2D eigenvalue weighted by Gasteiger charge is 2.34. The van der Waals surface area contributed by atoms with Crippen molar-refractivity contribution in [2.45, 2.75) is 51.1 Å². The molecule has 0 saturated carbocycles. The number of alkyl carbamates (subject to hydrolysis) is 1. The van der Waals surface area contributed by atoms with Gasteiger partial charge in [-0.3, -0.25) is 10.1 Å². The second kappa shape index (κ2) is 12.0. The van der Waals surface area contributed by atoms with Crippen LogP contribution < -0.4 is 10.6 Å². The molecule has 0 radical (unpaired) electrons. The molecule has 0 spiro atoms. The summed E-state index contributed by atoms with van der Waals surface area (Å²) in [6.45, 7) is 3.42. The number of hydrogen-bond donors (Lipinski definition) is 3. The maximum atomic E-state index is 12.7. The molecule has 2 aromatic rings. The molecule has 2 aromatic carbocycles. The molecule has 0 fully saturated rings. The molecule has 186 valence electrons. The van der Waals surface area contributed by atoms with Crippen LogP contribution in [-0.4, -0.2) is 54.3 Å². The van der Waals surface area contributed by atoms with Crippen molar-refractivity contribution in [2.24, 2.45) is 0 Å². The van der Waals surface area contributed by atoms with Gasteiger partial charge in [0.1, 0.15) is 12.6 Å². The lowest BCUT2D eigenvalue weighted by Gasteiger charge is -2.21. The SMILES string of the molecule is CCCC[C@H](NC(=O)C(NC(=O)OCC1c2ccccc2-c2ccccc21)C(=O)OCC)C(=O)O. The fourth-order valence-corrected chi connectivity index (χ4v) is 4.14. The highest BCUT2D eigenvalue weighted by Crippen LogP contribution is 2.44. The van der Waals surface area contributed by atoms with E-state index in [1.54, 1.807) is 6.92 Å². The number of hydrogen-bond acceptors (Lipinski definition) is 6. The standard InChI is InChI=1S/C26H30N2O7/c1-3-5-14-21(24(30)31)27-23(29)22(25(32)34-4-2)28-26(33)35-15-20-18-12-8-6-10-16(18)17-11-7-9-13-19(17)20/h6-13,20-22H,3-5,14-15H2,1-2H3,(H,27,29)(H,28,33)(H,30,31)/t21-,22?/m0/s1. The molecule has 0 saturated heterocycles. The zero-order valence-corrected chi connectivity index (χ0v) is 19.8. The average molecular weight is 483 g/mol. The topological polar surface area (TPSA) is 131 Å². The van der Waals surface area contributed by atoms with Crippen LogP contribution in [0.3, 0.4) is 0 Å². The summed E-state index contributed by atoms with van der Waals surface area (Å²) >= 11 is 0. The first kappa shape index (κ1) is 25.7. The minimum absolute atomic E-state index is 0.00866. The summed E-state index contributed by atoms with van der Waals surface area (Å²) in [5.41, 5.74) is 4.16. The fraction of sp³-hybridized carbons (Fsp3) is 0.385. The number of carbonyl (C=O) groups is 4. The van der Waals surface area contributed by atoms with E-state index < -0.39 is 36.0 Å². The smallest absolute Gasteiger partial charge is 0.408 e. The molecular weight excluding hydrogens is 452 g/mol. The van der Waals surface area contributed by atoms with Crippen LogP contribution in [0, 0.1) is 0 Å². The molecule has 9 heteroatoms. The molecule has 35 heavy (non-hydrogen) atoms. The fourth-order valence-electron chi connectivity index (χ4n) is 4.14. The number of unbranched alkanes of at least 4 members (excludes halogenated alkanes) is 1. The Kier molecular flexibility index (Phi) is 8.83. The molecule has 1 unspecified atom stereocenters. The summed E-state index contributed by atoms with van der Waals surface area (Å²) in [7, 11) is 0. The molecule has 1 aliphatic rings. The molecule has 2 atom stereocenters. The van der Waals surface area contributed by atoms with Crippen molar-refractivity contribution in [1.82, 2.24) is 10.6 Å². The van der Waals surface area contributed by atoms with E-state index in [1.807, 2.05) is 55.5 Å². The monoisotopic (exact) mass is 482 g/mol. The number of amides is 2. The predicted octanol–water partition coefficient (Wildman–Crippen LogP) is 3.22. The van der Waals surface area contributed by atoms with Gasteiger partial charge in [0, 0.05) is 5.92 Å². The summed E-state index contributed by atoms with van der Waals surface area (Å²) in [5.74, 6) is -3.40. The third-order valence-electron chi connectivity index (χ3n) is 5.85. The summed E-state index contributed by atoms with van der Waals surface area (Å²) in [6, 6.07) is 12.7. The van der Waals surface area contributed by atoms with Gasteiger partial charge in [0.05, 0.1) is 6.61 Å². The number of aliphatic carboxylic acids is 1. The van der Waals surface area contributed by atoms with Crippen LogP contribution in [0.1, 0.15) is 50.2 Å². The lowest BCUT2D eigenvalue weighted by molar-refractivity contribution is -0.151. The number of carbonyl (C=O) groups excluding carboxylic acids is 3. The van der Waals surface area contributed by atoms with E-state index in [1.165, 1.54) is 0 Å². The average Bonchev–Trinajstić information content (AvgIpc) is 3.17. The molecule has 0 bridgehead atoms. The Labute approximate surface area is 203 Å². The molecule has 3 N–H and O–H groups in total. The maximum absolute atomic E-state index is 12.7. The Hall–Kier alpha value is -3.88. The van der Waals surface area contributed by atoms with Gasteiger partial charge in [-0.15, -0.1) is 0 Å². The van der Waals surface area contributed by atoms with Crippen molar-refractivity contribution in [3.05, 3.63) is 59.7 Å². The zero-order chi connectivity index (χ0) is 25.4. The first-order valence-electron chi connectivity index (χ1n) is 11.7. The van der Waals surface area contributed by atoms with Gasteiger partial charge in [0.2, 0.25) is 6.04 Å². The summed E-state index contributed by atoms with van der Waals surface area (Å²) < 4.78 is 10.3. The largest absolute Gasteiger partial charge is 0.480 e. The van der Waals surface area contributed by atoms with Gasteiger partial charge in [-0.25, -0.2) is 14.4 Å². The summed E-state index contributed by atoms with van der Waals surface area (Å²) in [5, 5.41) is 13.9. The molecule has 2 amide bonds. The van der Waals surface area contributed by atoms with Crippen LogP contribution in [0.25, 0.3) is 11.1 Å². The lowest BCUT2D eigenvalue weighted by atomic mass is 9.98. The van der Waals surface area contributed by atoms with E-state index in [-0.39, 0.29) is 25.6 Å². The summed E-state index contributed by atoms with van der Waals surface area (Å²) in [6.07, 6.45) is 0.513. The molecule has 0 aliphatic heterocycles. The molecule has 9 nitrogen and oxygen atoms in total. The second-order valence-corrected chi connectivity index (χ2v) is 8.20. The number of carboxylic acid groups (broad SMARTS) is 1. The van der Waals surface area contributed by atoms with Crippen LogP contribution in [0.2, 0.25) is 0 Å². The van der Waals surface area contributed by atoms with Crippen molar-refractivity contribution in [3.8, 4) is 11.1 Å². The number of benzene rings is 2. The van der Waals surface area contributed by atoms with E-state index in [4.69, 9.17) is 9.47 Å². The molecule has 3 rings (SSSR count). The number of fused-ring (bicyclic) bond motifs is 3. The third-order valence-corrected chi connectivity index (χ3v) is 5.85. The Morgan fingerprint density at radius 2 is 1.51 bits per heavy atom. The van der Waals surface area contributed by atoms with E-state index in [2.05, 4.69) is 10.6 Å². The van der Waals surface area contributed by atoms with Crippen molar-refractivity contribution in [2.75, 3.05) is 13.2 Å². The Morgan fingerprint density at radius 1 is 0.914 bits per heavy atom. The Balaban J connectivity index is 1.69. The van der Waals surface area contributed by atoms with Crippen molar-refractivity contribution < 1.29 is 33.8 Å². The van der Waals surface area contributed by atoms with E-state index in [0.717, 1.165) is 28.7 Å². The van der Waals surface area contributed by atoms with Crippen LogP contribution in [0.4, 0.5) is 4.79 Å². The van der Waals surface area contributed by atoms with Crippen LogP contribution in [0.5, 0.6) is 0 Å². The quantitative estimate of drug-likeness (QED) is 0.331. The van der Waals surface area contributed by atoms with Gasteiger partial charge in [-0.1, -0.05) is 68.3 Å². The van der Waals surface area contributed by atoms with Gasteiger partial charge >= 0.3 is 18.0 Å². The van der Waals surface area contributed by atoms with Crippen molar-refractivity contribution in [1.29, 1.82) is 0 Å². The molecular formula is C26H30N2O7. The zero-order valence-electron chi connectivity index (χ0n) is 19.8. The first-order valence-corrected chi connectivity index (χ1v) is 11.7.